The first-order valence-electron chi connectivity index (χ1n) is 6.31. The fourth-order valence-corrected chi connectivity index (χ4v) is 2.05. The fraction of sp³-hybridized carbons (Fsp3) is 0.846. The average molecular weight is 211 g/mol. The molecule has 0 atom stereocenters. The predicted molar refractivity (Wildman–Crippen MR) is 61.4 cm³/mol. The van der Waals surface area contributed by atoms with Gasteiger partial charge in [0, 0.05) is 6.42 Å². The smallest absolute Gasteiger partial charge is 0.306 e. The zero-order valence-corrected chi connectivity index (χ0v) is 9.67. The third kappa shape index (κ3) is 5.81. The second kappa shape index (κ2) is 7.72. The maximum absolute atomic E-state index is 11.4. The summed E-state index contributed by atoms with van der Waals surface area (Å²) in [5.41, 5.74) is 0. The molecule has 87 valence electrons. The Labute approximate surface area is 93.4 Å². The molecule has 1 aliphatic rings. The largest absolute Gasteiger partial charge is 0.462 e. The van der Waals surface area contributed by atoms with E-state index in [0.717, 1.165) is 38.5 Å². The number of rotatable bonds is 6. The normalized spacial score (nSPS) is 17.7. The molecular formula is C13H23O2. The maximum Gasteiger partial charge on any atom is 0.306 e. The molecule has 0 N–H and O–H groups in total. The average Bonchev–Trinajstić information content (AvgIpc) is 2.26. The molecule has 1 saturated carbocycles. The lowest BCUT2D eigenvalue weighted by molar-refractivity contribution is -0.150. The van der Waals surface area contributed by atoms with E-state index >= 15 is 0 Å². The van der Waals surface area contributed by atoms with Gasteiger partial charge in [-0.15, -0.1) is 0 Å². The summed E-state index contributed by atoms with van der Waals surface area (Å²) < 4.78 is 5.42. The minimum Gasteiger partial charge on any atom is -0.462 e. The van der Waals surface area contributed by atoms with Crippen LogP contribution in [0.2, 0.25) is 0 Å². The highest BCUT2D eigenvalue weighted by molar-refractivity contribution is 5.69. The summed E-state index contributed by atoms with van der Waals surface area (Å²) in [4.78, 5) is 11.4. The number of unbranched alkanes of at least 4 members (excludes halogenated alkanes) is 3. The van der Waals surface area contributed by atoms with Crippen LogP contribution in [0.3, 0.4) is 0 Å². The molecule has 2 nitrogen and oxygen atoms in total. The molecule has 15 heavy (non-hydrogen) atoms. The van der Waals surface area contributed by atoms with Gasteiger partial charge < -0.3 is 4.74 Å². The summed E-state index contributed by atoms with van der Waals surface area (Å²) in [6.45, 7) is 3.78. The second-order valence-electron chi connectivity index (χ2n) is 4.41. The standard InChI is InChI=1S/C13H23O2/c1-2-3-4-8-11-13(14)15-12-9-6-5-7-10-12/h12H,1-11H2. The van der Waals surface area contributed by atoms with Gasteiger partial charge >= 0.3 is 5.97 Å². The van der Waals surface area contributed by atoms with Gasteiger partial charge in [-0.3, -0.25) is 4.79 Å². The monoisotopic (exact) mass is 211 g/mol. The first kappa shape index (κ1) is 12.5. The summed E-state index contributed by atoms with van der Waals surface area (Å²) in [5, 5.41) is 0. The van der Waals surface area contributed by atoms with Crippen molar-refractivity contribution in [3.05, 3.63) is 6.92 Å². The van der Waals surface area contributed by atoms with E-state index in [-0.39, 0.29) is 12.1 Å². The number of carbonyl (C=O) groups excluding carboxylic acids is 1. The van der Waals surface area contributed by atoms with Crippen molar-refractivity contribution in [1.82, 2.24) is 0 Å². The minimum atomic E-state index is 0.00552. The van der Waals surface area contributed by atoms with Crippen molar-refractivity contribution >= 4 is 5.97 Å². The van der Waals surface area contributed by atoms with Crippen LogP contribution in [0, 0.1) is 6.92 Å². The van der Waals surface area contributed by atoms with Gasteiger partial charge in [-0.25, -0.2) is 0 Å². The molecule has 0 unspecified atom stereocenters. The van der Waals surface area contributed by atoms with Crippen LogP contribution < -0.4 is 0 Å². The number of ether oxygens (including phenoxy) is 1. The molecule has 0 heterocycles. The van der Waals surface area contributed by atoms with Gasteiger partial charge in [0.05, 0.1) is 0 Å². The molecule has 1 radical (unpaired) electrons. The molecule has 0 spiro atoms. The summed E-state index contributed by atoms with van der Waals surface area (Å²) in [6, 6.07) is 0. The van der Waals surface area contributed by atoms with Crippen molar-refractivity contribution in [2.45, 2.75) is 70.3 Å². The zero-order valence-electron chi connectivity index (χ0n) is 9.67. The van der Waals surface area contributed by atoms with Crippen LogP contribution in [0.25, 0.3) is 0 Å². The fourth-order valence-electron chi connectivity index (χ4n) is 2.05. The van der Waals surface area contributed by atoms with Gasteiger partial charge in [0.2, 0.25) is 0 Å². The van der Waals surface area contributed by atoms with Gasteiger partial charge in [0.25, 0.3) is 0 Å². The molecule has 0 aromatic rings. The highest BCUT2D eigenvalue weighted by Crippen LogP contribution is 2.20. The Balaban J connectivity index is 2.01. The summed E-state index contributed by atoms with van der Waals surface area (Å²) >= 11 is 0. The van der Waals surface area contributed by atoms with Crippen molar-refractivity contribution in [3.63, 3.8) is 0 Å². The Kier molecular flexibility index (Phi) is 6.45. The quantitative estimate of drug-likeness (QED) is 0.495. The van der Waals surface area contributed by atoms with Crippen molar-refractivity contribution in [1.29, 1.82) is 0 Å². The molecule has 0 bridgehead atoms. The molecule has 1 rings (SSSR count). The van der Waals surface area contributed by atoms with Crippen molar-refractivity contribution in [2.24, 2.45) is 0 Å². The van der Waals surface area contributed by atoms with Crippen LogP contribution in [-0.4, -0.2) is 12.1 Å². The highest BCUT2D eigenvalue weighted by Gasteiger charge is 2.16. The SMILES string of the molecule is [CH2]CCCCCC(=O)OC1CCCCC1. The van der Waals surface area contributed by atoms with Gasteiger partial charge in [0.1, 0.15) is 6.10 Å². The van der Waals surface area contributed by atoms with Crippen LogP contribution in [0.1, 0.15) is 64.2 Å². The summed E-state index contributed by atoms with van der Waals surface area (Å²) in [6.07, 6.45) is 10.9. The Hall–Kier alpha value is -0.530. The molecule has 0 aromatic heterocycles. The Morgan fingerprint density at radius 1 is 1.13 bits per heavy atom. The lowest BCUT2D eigenvalue weighted by atomic mass is 9.98. The first-order valence-corrected chi connectivity index (χ1v) is 6.31. The van der Waals surface area contributed by atoms with E-state index in [1.54, 1.807) is 0 Å². The molecule has 1 aliphatic carbocycles. The molecule has 1 fully saturated rings. The Bertz CT molecular complexity index is 171. The van der Waals surface area contributed by atoms with Crippen LogP contribution in [0.5, 0.6) is 0 Å². The molecule has 0 saturated heterocycles. The lowest BCUT2D eigenvalue weighted by Crippen LogP contribution is -2.20. The van der Waals surface area contributed by atoms with E-state index in [1.807, 2.05) is 0 Å². The van der Waals surface area contributed by atoms with Crippen LogP contribution in [0.4, 0.5) is 0 Å². The first-order chi connectivity index (χ1) is 7.33. The van der Waals surface area contributed by atoms with Gasteiger partial charge in [-0.1, -0.05) is 32.6 Å². The third-order valence-corrected chi connectivity index (χ3v) is 2.98. The van der Waals surface area contributed by atoms with Gasteiger partial charge in [0.15, 0.2) is 0 Å². The van der Waals surface area contributed by atoms with E-state index < -0.39 is 0 Å². The number of carbonyl (C=O) groups is 1. The molecule has 0 aromatic carbocycles. The number of hydrogen-bond acceptors (Lipinski definition) is 2. The Morgan fingerprint density at radius 2 is 1.87 bits per heavy atom. The third-order valence-electron chi connectivity index (χ3n) is 2.98. The van der Waals surface area contributed by atoms with E-state index in [9.17, 15) is 4.79 Å². The lowest BCUT2D eigenvalue weighted by Gasteiger charge is -2.21. The number of esters is 1. The minimum absolute atomic E-state index is 0.00552. The van der Waals surface area contributed by atoms with Crippen LogP contribution in [-0.2, 0) is 9.53 Å². The summed E-state index contributed by atoms with van der Waals surface area (Å²) in [7, 11) is 0. The highest BCUT2D eigenvalue weighted by atomic mass is 16.5. The topological polar surface area (TPSA) is 26.3 Å². The Morgan fingerprint density at radius 3 is 2.53 bits per heavy atom. The van der Waals surface area contributed by atoms with Crippen molar-refractivity contribution in [3.8, 4) is 0 Å². The van der Waals surface area contributed by atoms with E-state index in [2.05, 4.69) is 6.92 Å². The molecule has 0 aliphatic heterocycles. The second-order valence-corrected chi connectivity index (χ2v) is 4.41. The van der Waals surface area contributed by atoms with Crippen molar-refractivity contribution < 1.29 is 9.53 Å². The summed E-state index contributed by atoms with van der Waals surface area (Å²) in [5.74, 6) is 0.00552. The van der Waals surface area contributed by atoms with Gasteiger partial charge in [-0.05, 0) is 32.1 Å². The zero-order chi connectivity index (χ0) is 10.9. The van der Waals surface area contributed by atoms with E-state index in [1.165, 1.54) is 19.3 Å². The molecule has 0 amide bonds. The van der Waals surface area contributed by atoms with Crippen LogP contribution >= 0.6 is 0 Å². The maximum atomic E-state index is 11.4. The van der Waals surface area contributed by atoms with Crippen LogP contribution in [0.15, 0.2) is 0 Å². The van der Waals surface area contributed by atoms with E-state index in [4.69, 9.17) is 4.74 Å². The van der Waals surface area contributed by atoms with E-state index in [0.29, 0.717) is 6.42 Å². The van der Waals surface area contributed by atoms with Gasteiger partial charge in [-0.2, -0.15) is 0 Å². The molecular weight excluding hydrogens is 188 g/mol. The number of hydrogen-bond donors (Lipinski definition) is 0. The predicted octanol–water partition coefficient (Wildman–Crippen LogP) is 3.65. The van der Waals surface area contributed by atoms with Crippen molar-refractivity contribution in [2.75, 3.05) is 0 Å². The molecule has 2 heteroatoms.